The van der Waals surface area contributed by atoms with Crippen molar-refractivity contribution in [3.05, 3.63) is 65.3 Å². The van der Waals surface area contributed by atoms with Gasteiger partial charge in [-0.2, -0.15) is 0 Å². The molecule has 0 amide bonds. The first kappa shape index (κ1) is 22.6. The van der Waals surface area contributed by atoms with Gasteiger partial charge in [0.05, 0.1) is 17.8 Å². The number of hydrogen-bond donors (Lipinski definition) is 3. The van der Waals surface area contributed by atoms with Gasteiger partial charge in [-0.05, 0) is 73.8 Å². The van der Waals surface area contributed by atoms with E-state index in [4.69, 9.17) is 0 Å². The van der Waals surface area contributed by atoms with E-state index in [2.05, 4.69) is 43.8 Å². The average molecular weight is 385 g/mol. The summed E-state index contributed by atoms with van der Waals surface area (Å²) in [6, 6.07) is 8.64. The van der Waals surface area contributed by atoms with Gasteiger partial charge >= 0.3 is 0 Å². The van der Waals surface area contributed by atoms with Crippen molar-refractivity contribution in [2.24, 2.45) is 0 Å². The van der Waals surface area contributed by atoms with Crippen molar-refractivity contribution in [3.63, 3.8) is 0 Å². The summed E-state index contributed by atoms with van der Waals surface area (Å²) in [6.07, 6.45) is 8.68. The van der Waals surface area contributed by atoms with E-state index >= 15 is 0 Å². The molecule has 3 heteroatoms. The maximum absolute atomic E-state index is 10.0. The molecule has 1 saturated carbocycles. The molecule has 2 atom stereocenters. The van der Waals surface area contributed by atoms with E-state index < -0.39 is 17.8 Å². The van der Waals surface area contributed by atoms with Crippen LogP contribution < -0.4 is 0 Å². The van der Waals surface area contributed by atoms with Crippen molar-refractivity contribution in [1.82, 2.24) is 0 Å². The fourth-order valence-corrected chi connectivity index (χ4v) is 3.69. The Balaban J connectivity index is 2.08. The highest BCUT2D eigenvalue weighted by molar-refractivity contribution is 5.68. The summed E-state index contributed by atoms with van der Waals surface area (Å²) in [4.78, 5) is 0. The minimum absolute atomic E-state index is 0.371. The third-order valence-corrected chi connectivity index (χ3v) is 5.43. The lowest BCUT2D eigenvalue weighted by Gasteiger charge is -2.26. The quantitative estimate of drug-likeness (QED) is 0.555. The molecule has 3 nitrogen and oxygen atoms in total. The third kappa shape index (κ3) is 7.05. The molecule has 3 N–H and O–H groups in total. The normalized spacial score (nSPS) is 22.7. The average Bonchev–Trinajstić information content (AvgIpc) is 2.63. The molecular formula is C25H36O3. The van der Waals surface area contributed by atoms with E-state index in [1.807, 2.05) is 19.9 Å². The second-order valence-corrected chi connectivity index (χ2v) is 8.59. The second kappa shape index (κ2) is 10.2. The molecular weight excluding hydrogens is 348 g/mol. The molecule has 0 aliphatic heterocycles. The first-order chi connectivity index (χ1) is 13.2. The summed E-state index contributed by atoms with van der Waals surface area (Å²) in [7, 11) is 0. The topological polar surface area (TPSA) is 60.7 Å². The van der Waals surface area contributed by atoms with Crippen molar-refractivity contribution in [2.75, 3.05) is 0 Å². The Bertz CT molecular complexity index is 722. The zero-order valence-electron chi connectivity index (χ0n) is 17.6. The second-order valence-electron chi connectivity index (χ2n) is 8.59. The Labute approximate surface area is 170 Å². The van der Waals surface area contributed by atoms with Gasteiger partial charge in [0.25, 0.3) is 0 Å². The van der Waals surface area contributed by atoms with Crippen molar-refractivity contribution >= 4 is 5.57 Å². The van der Waals surface area contributed by atoms with Crippen LogP contribution in [-0.4, -0.2) is 33.1 Å². The van der Waals surface area contributed by atoms with Crippen LogP contribution in [0.3, 0.4) is 0 Å². The Hall–Kier alpha value is -1.68. The van der Waals surface area contributed by atoms with Crippen LogP contribution in [-0.2, 0) is 6.42 Å². The monoisotopic (exact) mass is 384 g/mol. The zero-order valence-corrected chi connectivity index (χ0v) is 17.6. The highest BCUT2D eigenvalue weighted by Crippen LogP contribution is 2.29. The third-order valence-electron chi connectivity index (χ3n) is 5.43. The van der Waals surface area contributed by atoms with Crippen LogP contribution >= 0.6 is 0 Å². The fraction of sp³-hybridized carbons (Fsp3) is 0.520. The number of benzene rings is 1. The van der Waals surface area contributed by atoms with Crippen LogP contribution in [0.2, 0.25) is 0 Å². The van der Waals surface area contributed by atoms with Crippen LogP contribution in [0.4, 0.5) is 0 Å². The highest BCUT2D eigenvalue weighted by atomic mass is 16.3. The highest BCUT2D eigenvalue weighted by Gasteiger charge is 2.24. The lowest BCUT2D eigenvalue weighted by atomic mass is 9.85. The van der Waals surface area contributed by atoms with Gasteiger partial charge < -0.3 is 15.3 Å². The molecule has 1 aliphatic rings. The van der Waals surface area contributed by atoms with Crippen LogP contribution in [0.5, 0.6) is 0 Å². The summed E-state index contributed by atoms with van der Waals surface area (Å²) in [5.74, 6) is 0. The molecule has 0 bridgehead atoms. The van der Waals surface area contributed by atoms with E-state index in [1.54, 1.807) is 0 Å². The first-order valence-electron chi connectivity index (χ1n) is 10.5. The maximum atomic E-state index is 10.0. The Morgan fingerprint density at radius 1 is 1.25 bits per heavy atom. The van der Waals surface area contributed by atoms with Crippen LogP contribution in [0, 0.1) is 0 Å². The molecule has 0 saturated heterocycles. The lowest BCUT2D eigenvalue weighted by Crippen LogP contribution is -2.26. The van der Waals surface area contributed by atoms with Crippen molar-refractivity contribution in [3.8, 4) is 0 Å². The minimum Gasteiger partial charge on any atom is -0.393 e. The Morgan fingerprint density at radius 3 is 2.68 bits per heavy atom. The van der Waals surface area contributed by atoms with Gasteiger partial charge in [-0.25, -0.2) is 0 Å². The number of rotatable bonds is 8. The Morgan fingerprint density at radius 2 is 2.00 bits per heavy atom. The lowest BCUT2D eigenvalue weighted by molar-refractivity contribution is 0.0682. The van der Waals surface area contributed by atoms with Gasteiger partial charge in [0, 0.05) is 6.42 Å². The van der Waals surface area contributed by atoms with Gasteiger partial charge in [-0.15, -0.1) is 0 Å². The largest absolute Gasteiger partial charge is 0.393 e. The summed E-state index contributed by atoms with van der Waals surface area (Å²) in [6.45, 7) is 9.84. The number of hydrogen-bond acceptors (Lipinski definition) is 3. The van der Waals surface area contributed by atoms with Gasteiger partial charge in [0.15, 0.2) is 0 Å². The molecule has 1 aliphatic carbocycles. The number of unbranched alkanes of at least 4 members (excludes halogenated alkanes) is 1. The first-order valence-corrected chi connectivity index (χ1v) is 10.5. The number of aliphatic hydroxyl groups is 3. The summed E-state index contributed by atoms with van der Waals surface area (Å²) < 4.78 is 0. The van der Waals surface area contributed by atoms with Crippen molar-refractivity contribution in [1.29, 1.82) is 0 Å². The van der Waals surface area contributed by atoms with E-state index in [1.165, 1.54) is 16.7 Å². The van der Waals surface area contributed by atoms with Crippen molar-refractivity contribution in [2.45, 2.75) is 83.5 Å². The molecule has 28 heavy (non-hydrogen) atoms. The van der Waals surface area contributed by atoms with Gasteiger partial charge in [0.2, 0.25) is 0 Å². The number of aliphatic hydroxyl groups excluding tert-OH is 2. The van der Waals surface area contributed by atoms with Gasteiger partial charge in [0.1, 0.15) is 0 Å². The van der Waals surface area contributed by atoms with Crippen LogP contribution in [0.1, 0.15) is 70.4 Å². The summed E-state index contributed by atoms with van der Waals surface area (Å²) in [5, 5.41) is 29.8. The van der Waals surface area contributed by atoms with Crippen LogP contribution in [0.25, 0.3) is 5.57 Å². The van der Waals surface area contributed by atoms with Crippen molar-refractivity contribution < 1.29 is 15.3 Å². The maximum Gasteiger partial charge on any atom is 0.0811 e. The van der Waals surface area contributed by atoms with Gasteiger partial charge in [-0.1, -0.05) is 56.3 Å². The molecule has 1 aromatic rings. The molecule has 1 aromatic carbocycles. The SMILES string of the molecule is C=C1/C(=C\C=C(\CC)c2cccc(CCCCC(C)(C)O)c2)C[C@@H](O)C[C@@H]1O. The predicted octanol–water partition coefficient (Wildman–Crippen LogP) is 4.96. The molecule has 2 rings (SSSR count). The van der Waals surface area contributed by atoms with Gasteiger partial charge in [-0.3, -0.25) is 0 Å². The molecule has 1 fully saturated rings. The van der Waals surface area contributed by atoms with E-state index in [-0.39, 0.29) is 0 Å². The minimum atomic E-state index is -0.652. The zero-order chi connectivity index (χ0) is 20.7. The smallest absolute Gasteiger partial charge is 0.0811 e. The molecule has 0 heterocycles. The molecule has 0 radical (unpaired) electrons. The molecule has 0 spiro atoms. The summed E-state index contributed by atoms with van der Waals surface area (Å²) in [5.41, 5.74) is 4.82. The molecule has 0 aromatic heterocycles. The van der Waals surface area contributed by atoms with E-state index in [0.717, 1.165) is 43.3 Å². The number of aryl methyl sites for hydroxylation is 1. The molecule has 154 valence electrons. The fourth-order valence-electron chi connectivity index (χ4n) is 3.69. The Kier molecular flexibility index (Phi) is 8.23. The predicted molar refractivity (Wildman–Crippen MR) is 117 cm³/mol. The van der Waals surface area contributed by atoms with Crippen LogP contribution in [0.15, 0.2) is 54.1 Å². The number of allylic oxidation sites excluding steroid dienone is 3. The van der Waals surface area contributed by atoms with E-state index in [0.29, 0.717) is 12.8 Å². The van der Waals surface area contributed by atoms with E-state index in [9.17, 15) is 15.3 Å². The summed E-state index contributed by atoms with van der Waals surface area (Å²) >= 11 is 0. The molecule has 0 unspecified atom stereocenters. The standard InChI is InChI=1S/C25H36O3/c1-5-20(12-13-21-16-23(26)17-24(27)18(21)2)22-11-8-10-19(15-22)9-6-7-14-25(3,4)28/h8,10-13,15,23-24,26-28H,2,5-7,9,14,16-17H2,1,3-4H3/b20-12-,21-13-/t23-,24+/m1/s1.